The van der Waals surface area contributed by atoms with Gasteiger partial charge in [0.2, 0.25) is 12.3 Å². The van der Waals surface area contributed by atoms with Gasteiger partial charge in [0.15, 0.2) is 0 Å². The van der Waals surface area contributed by atoms with Crippen molar-refractivity contribution in [3.8, 4) is 5.75 Å². The highest BCUT2D eigenvalue weighted by molar-refractivity contribution is 5.96. The van der Waals surface area contributed by atoms with E-state index in [0.29, 0.717) is 55.6 Å². The molecule has 1 fully saturated rings. The van der Waals surface area contributed by atoms with E-state index in [1.807, 2.05) is 55.5 Å². The molecule has 3 atom stereocenters. The number of nitrogens with zero attached hydrogens (tertiary/aromatic N) is 2. The van der Waals surface area contributed by atoms with Crippen LogP contribution < -0.4 is 19.9 Å². The first-order valence-electron chi connectivity index (χ1n) is 14.1. The van der Waals surface area contributed by atoms with Crippen molar-refractivity contribution in [2.24, 2.45) is 5.92 Å². The molecular weight excluding hydrogens is 478 g/mol. The lowest BCUT2D eigenvalue weighted by Gasteiger charge is -2.34. The predicted molar refractivity (Wildman–Crippen MR) is 154 cm³/mol. The normalized spacial score (nSPS) is 15.9. The Morgan fingerprint density at radius 1 is 1.13 bits per heavy atom. The molecule has 2 aromatic rings. The minimum atomic E-state index is -0.805. The molecule has 7 nitrogen and oxygen atoms in total. The Labute approximate surface area is 228 Å². The quantitative estimate of drug-likeness (QED) is 0.304. The number of carbonyl (C=O) groups excluding carboxylic acids is 2. The fourth-order valence-corrected chi connectivity index (χ4v) is 5.04. The third kappa shape index (κ3) is 8.57. The summed E-state index contributed by atoms with van der Waals surface area (Å²) in [4.78, 5) is 28.5. The number of benzene rings is 2. The highest BCUT2D eigenvalue weighted by Gasteiger charge is 2.29. The summed E-state index contributed by atoms with van der Waals surface area (Å²) in [6, 6.07) is 15.2. The maximum absolute atomic E-state index is 12.6. The van der Waals surface area contributed by atoms with Crippen molar-refractivity contribution in [3.05, 3.63) is 54.1 Å². The first-order chi connectivity index (χ1) is 18.3. The molecule has 3 unspecified atom stereocenters. The lowest BCUT2D eigenvalue weighted by Crippen LogP contribution is -2.50. The van der Waals surface area contributed by atoms with Crippen LogP contribution >= 0.6 is 0 Å². The number of carbonyl (C=O) groups is 2. The lowest BCUT2D eigenvalue weighted by molar-refractivity contribution is -0.117. The second-order valence-electron chi connectivity index (χ2n) is 10.7. The highest BCUT2D eigenvalue weighted by atomic mass is 16.5. The number of aliphatic hydroxyl groups excluding tert-OH is 1. The summed E-state index contributed by atoms with van der Waals surface area (Å²) in [5.41, 5.74) is 2.35. The van der Waals surface area contributed by atoms with Crippen molar-refractivity contribution in [1.82, 2.24) is 5.32 Å². The standard InChI is InChI=1S/C31H45N3O4/c1-5-38-28-19-26(33-16-10-15-31(33)37)18-27(20-28)34(22-35)29(17-25-13-7-6-8-14-25)30(36)21-32-24(4)12-9-11-23(2)3/h6-8,13-14,18-20,22-24,29-30,32,36H,5,9-12,15-17,21H2,1-4H3. The average Bonchev–Trinajstić information content (AvgIpc) is 3.33. The van der Waals surface area contributed by atoms with Crippen LogP contribution in [-0.2, 0) is 16.0 Å². The topological polar surface area (TPSA) is 82.1 Å². The van der Waals surface area contributed by atoms with Gasteiger partial charge in [-0.1, -0.05) is 57.0 Å². The summed E-state index contributed by atoms with van der Waals surface area (Å²) < 4.78 is 5.81. The number of hydrogen-bond donors (Lipinski definition) is 2. The number of hydrogen-bond acceptors (Lipinski definition) is 5. The van der Waals surface area contributed by atoms with Gasteiger partial charge in [-0.05, 0) is 50.7 Å². The largest absolute Gasteiger partial charge is 0.494 e. The summed E-state index contributed by atoms with van der Waals surface area (Å²) in [7, 11) is 0. The van der Waals surface area contributed by atoms with Crippen molar-refractivity contribution >= 4 is 23.7 Å². The molecule has 3 rings (SSSR count). The third-order valence-corrected chi connectivity index (χ3v) is 7.17. The molecule has 0 radical (unpaired) electrons. The van der Waals surface area contributed by atoms with Crippen molar-refractivity contribution in [3.63, 3.8) is 0 Å². The molecule has 38 heavy (non-hydrogen) atoms. The van der Waals surface area contributed by atoms with E-state index in [0.717, 1.165) is 31.2 Å². The number of anilines is 2. The fraction of sp³-hybridized carbons (Fsp3) is 0.548. The molecule has 2 aromatic carbocycles. The van der Waals surface area contributed by atoms with Crippen molar-refractivity contribution in [2.75, 3.05) is 29.5 Å². The van der Waals surface area contributed by atoms with Crippen LogP contribution in [0.3, 0.4) is 0 Å². The van der Waals surface area contributed by atoms with E-state index in [1.54, 1.807) is 9.80 Å². The van der Waals surface area contributed by atoms with Gasteiger partial charge in [-0.25, -0.2) is 0 Å². The molecule has 0 aliphatic carbocycles. The first-order valence-corrected chi connectivity index (χ1v) is 14.1. The Morgan fingerprint density at radius 3 is 2.53 bits per heavy atom. The number of rotatable bonds is 16. The van der Waals surface area contributed by atoms with Crippen LogP contribution in [0.25, 0.3) is 0 Å². The monoisotopic (exact) mass is 523 g/mol. The molecule has 2 N–H and O–H groups in total. The van der Waals surface area contributed by atoms with Crippen molar-refractivity contribution in [2.45, 2.75) is 84.4 Å². The molecule has 0 aromatic heterocycles. The maximum atomic E-state index is 12.6. The van der Waals surface area contributed by atoms with Gasteiger partial charge >= 0.3 is 0 Å². The van der Waals surface area contributed by atoms with E-state index >= 15 is 0 Å². The Kier molecular flexibility index (Phi) is 11.6. The first kappa shape index (κ1) is 29.7. The van der Waals surface area contributed by atoms with Crippen LogP contribution in [0.1, 0.15) is 65.4 Å². The molecule has 0 saturated carbocycles. The zero-order valence-electron chi connectivity index (χ0n) is 23.4. The smallest absolute Gasteiger partial charge is 0.227 e. The van der Waals surface area contributed by atoms with Crippen LogP contribution in [-0.4, -0.2) is 55.3 Å². The Bertz CT molecular complexity index is 1010. The van der Waals surface area contributed by atoms with Gasteiger partial charge in [-0.3, -0.25) is 9.59 Å². The van der Waals surface area contributed by atoms with Crippen LogP contribution in [0.2, 0.25) is 0 Å². The highest BCUT2D eigenvalue weighted by Crippen LogP contribution is 2.33. The Hall–Kier alpha value is -2.90. The molecule has 0 bridgehead atoms. The molecule has 1 aliphatic rings. The van der Waals surface area contributed by atoms with Gasteiger partial charge in [0.05, 0.1) is 18.8 Å². The molecule has 208 valence electrons. The van der Waals surface area contributed by atoms with Crippen molar-refractivity contribution < 1.29 is 19.4 Å². The summed E-state index contributed by atoms with van der Waals surface area (Å²) in [5, 5.41) is 14.9. The minimum absolute atomic E-state index is 0.0683. The van der Waals surface area contributed by atoms with Crippen LogP contribution in [0.15, 0.2) is 48.5 Å². The van der Waals surface area contributed by atoms with Gasteiger partial charge in [-0.2, -0.15) is 0 Å². The van der Waals surface area contributed by atoms with Crippen LogP contribution in [0.4, 0.5) is 11.4 Å². The maximum Gasteiger partial charge on any atom is 0.227 e. The molecule has 7 heteroatoms. The Balaban J connectivity index is 1.87. The molecule has 0 spiro atoms. The number of aliphatic hydroxyl groups is 1. The van der Waals surface area contributed by atoms with Crippen LogP contribution in [0.5, 0.6) is 5.75 Å². The number of ether oxygens (including phenoxy) is 1. The zero-order valence-corrected chi connectivity index (χ0v) is 23.4. The van der Waals surface area contributed by atoms with E-state index in [1.165, 1.54) is 6.42 Å². The average molecular weight is 524 g/mol. The molecule has 1 aliphatic heterocycles. The van der Waals surface area contributed by atoms with E-state index in [4.69, 9.17) is 4.74 Å². The van der Waals surface area contributed by atoms with Gasteiger partial charge in [0, 0.05) is 49.1 Å². The molecule has 1 saturated heterocycles. The van der Waals surface area contributed by atoms with Gasteiger partial charge in [-0.15, -0.1) is 0 Å². The summed E-state index contributed by atoms with van der Waals surface area (Å²) in [5.74, 6) is 1.34. The summed E-state index contributed by atoms with van der Waals surface area (Å²) in [6.07, 6.45) is 5.14. The predicted octanol–water partition coefficient (Wildman–Crippen LogP) is 4.95. The second-order valence-corrected chi connectivity index (χ2v) is 10.7. The minimum Gasteiger partial charge on any atom is -0.494 e. The lowest BCUT2D eigenvalue weighted by atomic mass is 9.98. The van der Waals surface area contributed by atoms with Crippen LogP contribution in [0, 0.1) is 5.92 Å². The molecular formula is C31H45N3O4. The fourth-order valence-electron chi connectivity index (χ4n) is 5.04. The van der Waals surface area contributed by atoms with E-state index in [-0.39, 0.29) is 11.9 Å². The summed E-state index contributed by atoms with van der Waals surface area (Å²) >= 11 is 0. The van der Waals surface area contributed by atoms with E-state index in [2.05, 4.69) is 26.1 Å². The SMILES string of the molecule is CCOc1cc(N2CCCC2=O)cc(N(C=O)C(Cc2ccccc2)C(O)CNC(C)CCCC(C)C)c1. The second kappa shape index (κ2) is 14.9. The van der Waals surface area contributed by atoms with Gasteiger partial charge < -0.3 is 25.0 Å². The molecule has 1 heterocycles. The summed E-state index contributed by atoms with van der Waals surface area (Å²) in [6.45, 7) is 9.98. The number of nitrogens with one attached hydrogen (secondary N) is 1. The zero-order chi connectivity index (χ0) is 27.5. The van der Waals surface area contributed by atoms with Crippen molar-refractivity contribution in [1.29, 1.82) is 0 Å². The van der Waals surface area contributed by atoms with Gasteiger partial charge in [0.25, 0.3) is 0 Å². The van der Waals surface area contributed by atoms with Gasteiger partial charge in [0.1, 0.15) is 5.75 Å². The molecule has 2 amide bonds. The number of amides is 2. The third-order valence-electron chi connectivity index (χ3n) is 7.17. The van der Waals surface area contributed by atoms with E-state index < -0.39 is 12.1 Å². The van der Waals surface area contributed by atoms with E-state index in [9.17, 15) is 14.7 Å². The Morgan fingerprint density at radius 2 is 1.89 bits per heavy atom.